The summed E-state index contributed by atoms with van der Waals surface area (Å²) in [6, 6.07) is 15.3. The van der Waals surface area contributed by atoms with Gasteiger partial charge in [0.1, 0.15) is 18.8 Å². The zero-order chi connectivity index (χ0) is 28.7. The summed E-state index contributed by atoms with van der Waals surface area (Å²) in [5, 5.41) is 5.35. The van der Waals surface area contributed by atoms with Crippen molar-refractivity contribution in [1.82, 2.24) is 14.8 Å². The quantitative estimate of drug-likeness (QED) is 0.314. The summed E-state index contributed by atoms with van der Waals surface area (Å²) in [5.74, 6) is 0.154. The Kier molecular flexibility index (Phi) is 7.14. The molecule has 0 aliphatic carbocycles. The third-order valence-electron chi connectivity index (χ3n) is 6.41. The first-order chi connectivity index (χ1) is 18.9. The average Bonchev–Trinajstić information content (AvgIpc) is 3.17. The normalized spacial score (nSPS) is 14.5. The number of hydrogen-bond donors (Lipinski definition) is 1. The van der Waals surface area contributed by atoms with Crippen molar-refractivity contribution in [3.05, 3.63) is 83.2 Å². The highest BCUT2D eigenvalue weighted by Crippen LogP contribution is 2.42. The zero-order valence-electron chi connectivity index (χ0n) is 23.2. The molecule has 208 valence electrons. The van der Waals surface area contributed by atoms with Crippen LogP contribution in [0.2, 0.25) is 0 Å². The van der Waals surface area contributed by atoms with E-state index in [2.05, 4.69) is 27.8 Å². The van der Waals surface area contributed by atoms with Crippen LogP contribution in [0, 0.1) is 0 Å². The zero-order valence-corrected chi connectivity index (χ0v) is 24.0. The van der Waals surface area contributed by atoms with Crippen LogP contribution in [0.4, 0.5) is 5.69 Å². The van der Waals surface area contributed by atoms with Gasteiger partial charge in [-0.1, -0.05) is 19.1 Å². The molecule has 0 saturated heterocycles. The average molecular weight is 561 g/mol. The van der Waals surface area contributed by atoms with Crippen LogP contribution in [0.1, 0.15) is 56.4 Å². The molecule has 0 fully saturated rings. The molecule has 9 nitrogen and oxygen atoms in total. The number of nitrogens with one attached hydrogen (secondary N) is 1. The van der Waals surface area contributed by atoms with Crippen LogP contribution in [-0.4, -0.2) is 41.0 Å². The van der Waals surface area contributed by atoms with E-state index in [1.165, 1.54) is 0 Å². The number of ether oxygens (including phenoxy) is 2. The first kappa shape index (κ1) is 27.4. The Morgan fingerprint density at radius 3 is 2.65 bits per heavy atom. The number of fused-ring (bicyclic) bond motifs is 3. The number of benzene rings is 2. The molecule has 2 aromatic heterocycles. The lowest BCUT2D eigenvalue weighted by Gasteiger charge is -2.19. The third kappa shape index (κ3) is 5.86. The van der Waals surface area contributed by atoms with Crippen LogP contribution in [0.3, 0.4) is 0 Å². The SMILES string of the molecule is CC/C(=C1\c2cc3cnn(CC(=O)OC(C)(C)C)c3cc2COc2ncccc21)c1cccc(NS(C)(=O)=O)c1. The Hall–Kier alpha value is -4.18. The molecule has 1 N–H and O–H groups in total. The van der Waals surface area contributed by atoms with Crippen LogP contribution >= 0.6 is 0 Å². The lowest BCUT2D eigenvalue weighted by molar-refractivity contribution is -0.155. The van der Waals surface area contributed by atoms with Gasteiger partial charge in [-0.05, 0) is 91.4 Å². The van der Waals surface area contributed by atoms with Crippen molar-refractivity contribution >= 4 is 43.7 Å². The number of hydrogen-bond acceptors (Lipinski definition) is 7. The van der Waals surface area contributed by atoms with Crippen molar-refractivity contribution in [2.75, 3.05) is 11.0 Å². The second-order valence-electron chi connectivity index (χ2n) is 10.8. The predicted octanol–water partition coefficient (Wildman–Crippen LogP) is 5.41. The third-order valence-corrected chi connectivity index (χ3v) is 7.02. The van der Waals surface area contributed by atoms with E-state index in [4.69, 9.17) is 9.47 Å². The Morgan fingerprint density at radius 1 is 1.12 bits per heavy atom. The van der Waals surface area contributed by atoms with Gasteiger partial charge in [0, 0.05) is 22.8 Å². The van der Waals surface area contributed by atoms with Gasteiger partial charge < -0.3 is 9.47 Å². The molecule has 0 atom stereocenters. The Balaban J connectivity index is 1.69. The highest BCUT2D eigenvalue weighted by molar-refractivity contribution is 7.92. The monoisotopic (exact) mass is 560 g/mol. The number of anilines is 1. The molecule has 1 aliphatic rings. The van der Waals surface area contributed by atoms with E-state index >= 15 is 0 Å². The summed E-state index contributed by atoms with van der Waals surface area (Å²) in [6.45, 7) is 7.84. The summed E-state index contributed by atoms with van der Waals surface area (Å²) in [4.78, 5) is 17.1. The van der Waals surface area contributed by atoms with Gasteiger partial charge in [-0.2, -0.15) is 5.10 Å². The number of sulfonamides is 1. The maximum atomic E-state index is 12.5. The van der Waals surface area contributed by atoms with Gasteiger partial charge in [0.2, 0.25) is 15.9 Å². The minimum absolute atomic E-state index is 0.00870. The van der Waals surface area contributed by atoms with Crippen molar-refractivity contribution in [2.45, 2.75) is 52.9 Å². The number of allylic oxidation sites excluding steroid dienone is 1. The van der Waals surface area contributed by atoms with Crippen molar-refractivity contribution in [2.24, 2.45) is 0 Å². The van der Waals surface area contributed by atoms with E-state index < -0.39 is 15.6 Å². The molecule has 0 unspecified atom stereocenters. The molecular formula is C30H32N4O5S. The summed E-state index contributed by atoms with van der Waals surface area (Å²) < 4.78 is 39.7. The molecule has 0 saturated carbocycles. The van der Waals surface area contributed by atoms with Crippen LogP contribution in [0.25, 0.3) is 22.0 Å². The lowest BCUT2D eigenvalue weighted by Crippen LogP contribution is -2.26. The minimum Gasteiger partial charge on any atom is -0.472 e. The lowest BCUT2D eigenvalue weighted by atomic mass is 9.86. The number of pyridine rings is 1. The van der Waals surface area contributed by atoms with E-state index in [0.717, 1.165) is 50.6 Å². The van der Waals surface area contributed by atoms with Crippen LogP contribution < -0.4 is 9.46 Å². The Labute approximate surface area is 233 Å². The van der Waals surface area contributed by atoms with Gasteiger partial charge in [0.15, 0.2) is 0 Å². The summed E-state index contributed by atoms with van der Waals surface area (Å²) in [7, 11) is -3.43. The first-order valence-electron chi connectivity index (χ1n) is 13.0. The topological polar surface area (TPSA) is 112 Å². The van der Waals surface area contributed by atoms with E-state index in [9.17, 15) is 13.2 Å². The smallest absolute Gasteiger partial charge is 0.328 e. The van der Waals surface area contributed by atoms with Gasteiger partial charge in [0.05, 0.1) is 18.0 Å². The Bertz CT molecular complexity index is 1750. The highest BCUT2D eigenvalue weighted by atomic mass is 32.2. The number of carbonyl (C=O) groups is 1. The van der Waals surface area contributed by atoms with Crippen molar-refractivity contribution < 1.29 is 22.7 Å². The predicted molar refractivity (Wildman–Crippen MR) is 155 cm³/mol. The van der Waals surface area contributed by atoms with Crippen LogP contribution in [0.5, 0.6) is 5.88 Å². The molecule has 3 heterocycles. The number of esters is 1. The molecule has 4 aromatic rings. The molecule has 5 rings (SSSR count). The van der Waals surface area contributed by atoms with Gasteiger partial charge in [-0.3, -0.25) is 14.2 Å². The number of nitrogens with zero attached hydrogens (tertiary/aromatic N) is 3. The van der Waals surface area contributed by atoms with Gasteiger partial charge in [0.25, 0.3) is 0 Å². The molecule has 0 spiro atoms. The fourth-order valence-electron chi connectivity index (χ4n) is 4.97. The number of carbonyl (C=O) groups excluding carboxylic acids is 1. The van der Waals surface area contributed by atoms with Crippen LogP contribution in [0.15, 0.2) is 60.9 Å². The molecule has 0 radical (unpaired) electrons. The molecule has 0 amide bonds. The van der Waals surface area contributed by atoms with E-state index in [1.807, 2.05) is 57.2 Å². The standard InChI is InChI=1S/C30H32N4O5S/c1-6-23(19-9-7-10-22(13-19)33-40(5,36)37)28-24-11-8-12-31-29(24)38-18-21-15-26-20(14-25(21)28)16-32-34(26)17-27(35)39-30(2,3)4/h7-16,33H,6,17-18H2,1-5H3/b28-23+. The van der Waals surface area contributed by atoms with Gasteiger partial charge >= 0.3 is 5.97 Å². The summed E-state index contributed by atoms with van der Waals surface area (Å²) >= 11 is 0. The summed E-state index contributed by atoms with van der Waals surface area (Å²) in [6.07, 6.45) is 5.25. The molecule has 10 heteroatoms. The summed E-state index contributed by atoms with van der Waals surface area (Å²) in [5.41, 5.74) is 6.28. The van der Waals surface area contributed by atoms with Gasteiger partial charge in [-0.15, -0.1) is 0 Å². The van der Waals surface area contributed by atoms with E-state index in [-0.39, 0.29) is 19.1 Å². The molecule has 1 aliphatic heterocycles. The van der Waals surface area contributed by atoms with Crippen molar-refractivity contribution in [3.63, 3.8) is 0 Å². The fraction of sp³-hybridized carbons (Fsp3) is 0.300. The largest absolute Gasteiger partial charge is 0.472 e. The molecule has 2 aromatic carbocycles. The molecule has 40 heavy (non-hydrogen) atoms. The van der Waals surface area contributed by atoms with Crippen molar-refractivity contribution in [3.8, 4) is 5.88 Å². The maximum Gasteiger partial charge on any atom is 0.328 e. The fourth-order valence-corrected chi connectivity index (χ4v) is 5.52. The van der Waals surface area contributed by atoms with Crippen LogP contribution in [-0.2, 0) is 32.7 Å². The van der Waals surface area contributed by atoms with Gasteiger partial charge in [-0.25, -0.2) is 13.4 Å². The molecule has 0 bridgehead atoms. The molecular weight excluding hydrogens is 528 g/mol. The van der Waals surface area contributed by atoms with E-state index in [1.54, 1.807) is 23.1 Å². The number of rotatable bonds is 6. The first-order valence-corrected chi connectivity index (χ1v) is 14.9. The highest BCUT2D eigenvalue weighted by Gasteiger charge is 2.25. The Morgan fingerprint density at radius 2 is 1.93 bits per heavy atom. The van der Waals surface area contributed by atoms with Crippen molar-refractivity contribution in [1.29, 1.82) is 0 Å². The second-order valence-corrected chi connectivity index (χ2v) is 12.5. The second kappa shape index (κ2) is 10.4. The van der Waals surface area contributed by atoms with E-state index in [0.29, 0.717) is 18.0 Å². The minimum atomic E-state index is -3.43. The number of aromatic nitrogens is 3. The maximum absolute atomic E-state index is 12.5.